The second-order valence-corrected chi connectivity index (χ2v) is 7.05. The highest BCUT2D eigenvalue weighted by Gasteiger charge is 2.33. The molecule has 1 heterocycles. The third-order valence-electron chi connectivity index (χ3n) is 4.25. The van der Waals surface area contributed by atoms with Gasteiger partial charge in [-0.1, -0.05) is 23.7 Å². The number of aromatic nitrogens is 1. The van der Waals surface area contributed by atoms with E-state index >= 15 is 0 Å². The number of ether oxygens (including phenoxy) is 1. The molecular weight excluding hydrogens is 459 g/mol. The average molecular weight is 476 g/mol. The molecule has 3 rings (SSSR count). The molecule has 0 saturated heterocycles. The Morgan fingerprint density at radius 2 is 1.82 bits per heavy atom. The zero-order valence-corrected chi connectivity index (χ0v) is 17.9. The van der Waals surface area contributed by atoms with E-state index in [1.165, 1.54) is 37.5 Å². The zero-order valence-electron chi connectivity index (χ0n) is 17.1. The standard InChI is InChI=1S/C23H17ClF3N3O3/c1-28-22(32)20-13-17(9-10-29-20)33-16-4-2-3-14(11-16)5-8-21(31)30-15-6-7-19(24)18(12-15)23(25,26)27/h2-13H,1H3,(H,28,32)(H,30,31)/b8-5+. The molecule has 33 heavy (non-hydrogen) atoms. The number of rotatable bonds is 6. The highest BCUT2D eigenvalue weighted by atomic mass is 35.5. The van der Waals surface area contributed by atoms with Gasteiger partial charge in [0.1, 0.15) is 17.2 Å². The number of anilines is 1. The lowest BCUT2D eigenvalue weighted by Gasteiger charge is -2.11. The Morgan fingerprint density at radius 1 is 1.06 bits per heavy atom. The molecule has 6 nitrogen and oxygen atoms in total. The Bertz CT molecular complexity index is 1210. The van der Waals surface area contributed by atoms with Gasteiger partial charge >= 0.3 is 6.18 Å². The van der Waals surface area contributed by atoms with Crippen molar-refractivity contribution in [3.63, 3.8) is 0 Å². The van der Waals surface area contributed by atoms with E-state index in [9.17, 15) is 22.8 Å². The van der Waals surface area contributed by atoms with Gasteiger partial charge < -0.3 is 15.4 Å². The molecule has 1 aromatic heterocycles. The first-order chi connectivity index (χ1) is 15.7. The monoisotopic (exact) mass is 475 g/mol. The molecule has 3 aromatic rings. The molecule has 0 aliphatic rings. The van der Waals surface area contributed by atoms with Gasteiger partial charge in [-0.15, -0.1) is 0 Å². The number of pyridine rings is 1. The van der Waals surface area contributed by atoms with Crippen molar-refractivity contribution in [2.24, 2.45) is 0 Å². The molecule has 0 aliphatic heterocycles. The van der Waals surface area contributed by atoms with Crippen molar-refractivity contribution in [1.29, 1.82) is 0 Å². The van der Waals surface area contributed by atoms with Crippen LogP contribution in [0.15, 0.2) is 66.9 Å². The first kappa shape index (κ1) is 23.8. The summed E-state index contributed by atoms with van der Waals surface area (Å²) in [7, 11) is 1.49. The van der Waals surface area contributed by atoms with Crippen molar-refractivity contribution in [1.82, 2.24) is 10.3 Å². The van der Waals surface area contributed by atoms with Crippen LogP contribution in [0.1, 0.15) is 21.6 Å². The van der Waals surface area contributed by atoms with Crippen LogP contribution in [0, 0.1) is 0 Å². The summed E-state index contributed by atoms with van der Waals surface area (Å²) in [5.74, 6) is -0.142. The third kappa shape index (κ3) is 6.56. The largest absolute Gasteiger partial charge is 0.457 e. The Labute approximate surface area is 192 Å². The maximum atomic E-state index is 13.0. The number of benzene rings is 2. The van der Waals surface area contributed by atoms with Crippen molar-refractivity contribution in [2.75, 3.05) is 12.4 Å². The summed E-state index contributed by atoms with van der Waals surface area (Å²) in [6.45, 7) is 0. The van der Waals surface area contributed by atoms with Crippen molar-refractivity contribution < 1.29 is 27.5 Å². The van der Waals surface area contributed by atoms with Crippen LogP contribution in [0.25, 0.3) is 6.08 Å². The second-order valence-electron chi connectivity index (χ2n) is 6.65. The fraction of sp³-hybridized carbons (Fsp3) is 0.0870. The molecule has 0 bridgehead atoms. The first-order valence-corrected chi connectivity index (χ1v) is 9.85. The lowest BCUT2D eigenvalue weighted by molar-refractivity contribution is -0.137. The molecule has 0 atom stereocenters. The molecule has 2 N–H and O–H groups in total. The van der Waals surface area contributed by atoms with Crippen molar-refractivity contribution in [2.45, 2.75) is 6.18 Å². The van der Waals surface area contributed by atoms with Gasteiger partial charge in [-0.05, 0) is 48.0 Å². The van der Waals surface area contributed by atoms with Gasteiger partial charge in [-0.25, -0.2) is 0 Å². The molecule has 2 amide bonds. The Hall–Kier alpha value is -3.85. The van der Waals surface area contributed by atoms with E-state index in [-0.39, 0.29) is 17.3 Å². The van der Waals surface area contributed by atoms with Gasteiger partial charge in [-0.3, -0.25) is 14.6 Å². The van der Waals surface area contributed by atoms with Crippen LogP contribution in [-0.2, 0) is 11.0 Å². The van der Waals surface area contributed by atoms with E-state index < -0.39 is 22.7 Å². The minimum atomic E-state index is -4.63. The second kappa shape index (κ2) is 10.2. The molecule has 0 fully saturated rings. The maximum Gasteiger partial charge on any atom is 0.417 e. The third-order valence-corrected chi connectivity index (χ3v) is 4.58. The lowest BCUT2D eigenvalue weighted by atomic mass is 10.2. The highest BCUT2D eigenvalue weighted by Crippen LogP contribution is 2.36. The lowest BCUT2D eigenvalue weighted by Crippen LogP contribution is -2.18. The number of nitrogens with zero attached hydrogens (tertiary/aromatic N) is 1. The van der Waals surface area contributed by atoms with E-state index in [1.54, 1.807) is 30.3 Å². The number of hydrogen-bond donors (Lipinski definition) is 2. The van der Waals surface area contributed by atoms with Crippen molar-refractivity contribution >= 4 is 35.2 Å². The SMILES string of the molecule is CNC(=O)c1cc(Oc2cccc(/C=C/C(=O)Nc3ccc(Cl)c(C(F)(F)F)c3)c2)ccn1. The molecule has 170 valence electrons. The summed E-state index contributed by atoms with van der Waals surface area (Å²) in [6, 6.07) is 12.9. The Kier molecular flexibility index (Phi) is 7.34. The number of halogens is 4. The van der Waals surface area contributed by atoms with Crippen LogP contribution in [0.5, 0.6) is 11.5 Å². The minimum absolute atomic E-state index is 0.0388. The smallest absolute Gasteiger partial charge is 0.417 e. The van der Waals surface area contributed by atoms with Crippen LogP contribution >= 0.6 is 11.6 Å². The Balaban J connectivity index is 1.68. The predicted octanol–water partition coefficient (Wildman–Crippen LogP) is 5.56. The Morgan fingerprint density at radius 3 is 2.55 bits per heavy atom. The zero-order chi connectivity index (χ0) is 24.0. The first-order valence-electron chi connectivity index (χ1n) is 9.47. The number of nitrogens with one attached hydrogen (secondary N) is 2. The van der Waals surface area contributed by atoms with Gasteiger partial charge in [0, 0.05) is 31.1 Å². The van der Waals surface area contributed by atoms with Crippen LogP contribution in [-0.4, -0.2) is 23.8 Å². The summed E-state index contributed by atoms with van der Waals surface area (Å²) in [5.41, 5.74) is -0.275. The van der Waals surface area contributed by atoms with Crippen molar-refractivity contribution in [3.8, 4) is 11.5 Å². The molecule has 10 heteroatoms. The molecule has 0 radical (unpaired) electrons. The van der Waals surface area contributed by atoms with Gasteiger partial charge in [0.05, 0.1) is 10.6 Å². The fourth-order valence-corrected chi connectivity index (χ4v) is 2.95. The van der Waals surface area contributed by atoms with Crippen LogP contribution in [0.3, 0.4) is 0 Å². The number of carbonyl (C=O) groups is 2. The average Bonchev–Trinajstić information content (AvgIpc) is 2.78. The summed E-state index contributed by atoms with van der Waals surface area (Å²) < 4.78 is 44.6. The summed E-state index contributed by atoms with van der Waals surface area (Å²) in [4.78, 5) is 27.8. The molecule has 0 unspecified atom stereocenters. The normalized spacial score (nSPS) is 11.3. The number of amides is 2. The highest BCUT2D eigenvalue weighted by molar-refractivity contribution is 6.31. The van der Waals surface area contributed by atoms with Crippen LogP contribution in [0.4, 0.5) is 18.9 Å². The predicted molar refractivity (Wildman–Crippen MR) is 118 cm³/mol. The number of hydrogen-bond acceptors (Lipinski definition) is 4. The van der Waals surface area contributed by atoms with E-state index in [2.05, 4.69) is 15.6 Å². The summed E-state index contributed by atoms with van der Waals surface area (Å²) in [5, 5.41) is 4.39. The van der Waals surface area contributed by atoms with Gasteiger partial charge in [0.15, 0.2) is 0 Å². The van der Waals surface area contributed by atoms with E-state index in [0.29, 0.717) is 17.1 Å². The molecule has 0 aliphatic carbocycles. The van der Waals surface area contributed by atoms with Gasteiger partial charge in [0.2, 0.25) is 5.91 Å². The summed E-state index contributed by atoms with van der Waals surface area (Å²) in [6.07, 6.45) is -0.540. The van der Waals surface area contributed by atoms with Crippen LogP contribution < -0.4 is 15.4 Å². The maximum absolute atomic E-state index is 13.0. The minimum Gasteiger partial charge on any atom is -0.457 e. The van der Waals surface area contributed by atoms with E-state index in [1.807, 2.05) is 0 Å². The van der Waals surface area contributed by atoms with E-state index in [0.717, 1.165) is 12.1 Å². The van der Waals surface area contributed by atoms with Crippen LogP contribution in [0.2, 0.25) is 5.02 Å². The molecule has 2 aromatic carbocycles. The quantitative estimate of drug-likeness (QED) is 0.457. The van der Waals surface area contributed by atoms with Crippen molar-refractivity contribution in [3.05, 3.63) is 88.7 Å². The van der Waals surface area contributed by atoms with Gasteiger partial charge in [0.25, 0.3) is 5.91 Å². The molecule has 0 saturated carbocycles. The van der Waals surface area contributed by atoms with E-state index in [4.69, 9.17) is 16.3 Å². The molecule has 0 spiro atoms. The molecular formula is C23H17ClF3N3O3. The number of carbonyl (C=O) groups excluding carboxylic acids is 2. The topological polar surface area (TPSA) is 80.3 Å². The van der Waals surface area contributed by atoms with Gasteiger partial charge in [-0.2, -0.15) is 13.2 Å². The fourth-order valence-electron chi connectivity index (χ4n) is 2.72. The summed E-state index contributed by atoms with van der Waals surface area (Å²) >= 11 is 5.58. The number of alkyl halides is 3.